The number of phenols is 1. The number of fused-ring (bicyclic) bond motifs is 1. The van der Waals surface area contributed by atoms with Gasteiger partial charge in [-0.1, -0.05) is 11.6 Å². The third-order valence-electron chi connectivity index (χ3n) is 2.68. The highest BCUT2D eigenvalue weighted by atomic mass is 35.5. The predicted molar refractivity (Wildman–Crippen MR) is 68.1 cm³/mol. The molecule has 0 fully saturated rings. The molecule has 3 rings (SSSR count). The van der Waals surface area contributed by atoms with Gasteiger partial charge in [-0.25, -0.2) is 0 Å². The Labute approximate surface area is 107 Å². The normalized spacial score (nSPS) is 10.9. The molecule has 1 heterocycles. The summed E-state index contributed by atoms with van der Waals surface area (Å²) in [6.07, 6.45) is 0. The molecule has 18 heavy (non-hydrogen) atoms. The SMILES string of the molecule is N=c1oc2ccc(O)cc2n1-c1ccc(Cl)cc1. The Bertz CT molecular complexity index is 772. The molecule has 3 aromatic rings. The van der Waals surface area contributed by atoms with Crippen LogP contribution in [0.1, 0.15) is 0 Å². The number of oxazole rings is 1. The fourth-order valence-corrected chi connectivity index (χ4v) is 2.00. The van der Waals surface area contributed by atoms with Crippen LogP contribution in [-0.4, -0.2) is 9.67 Å². The van der Waals surface area contributed by atoms with E-state index in [2.05, 4.69) is 0 Å². The van der Waals surface area contributed by atoms with E-state index in [-0.39, 0.29) is 11.4 Å². The third-order valence-corrected chi connectivity index (χ3v) is 2.93. The van der Waals surface area contributed by atoms with Crippen molar-refractivity contribution in [1.29, 1.82) is 5.41 Å². The van der Waals surface area contributed by atoms with Gasteiger partial charge in [-0.2, -0.15) is 0 Å². The number of hydrogen-bond acceptors (Lipinski definition) is 3. The van der Waals surface area contributed by atoms with Crippen molar-refractivity contribution >= 4 is 22.7 Å². The van der Waals surface area contributed by atoms with E-state index < -0.39 is 0 Å². The Morgan fingerprint density at radius 3 is 2.56 bits per heavy atom. The molecule has 1 aromatic heterocycles. The van der Waals surface area contributed by atoms with E-state index in [0.717, 1.165) is 5.69 Å². The van der Waals surface area contributed by atoms with Gasteiger partial charge in [0, 0.05) is 11.1 Å². The molecule has 90 valence electrons. The maximum atomic E-state index is 9.52. The lowest BCUT2D eigenvalue weighted by molar-refractivity contribution is 0.475. The number of phenolic OH excluding ortho intramolecular Hbond substituents is 1. The number of nitrogens with one attached hydrogen (secondary N) is 1. The van der Waals surface area contributed by atoms with Crippen LogP contribution in [0.25, 0.3) is 16.8 Å². The van der Waals surface area contributed by atoms with Crippen molar-refractivity contribution in [3.63, 3.8) is 0 Å². The van der Waals surface area contributed by atoms with Crippen LogP contribution in [0.5, 0.6) is 5.75 Å². The molecule has 0 atom stereocenters. The highest BCUT2D eigenvalue weighted by molar-refractivity contribution is 6.30. The number of aromatic nitrogens is 1. The minimum Gasteiger partial charge on any atom is -0.508 e. The highest BCUT2D eigenvalue weighted by Crippen LogP contribution is 2.22. The molecule has 0 saturated heterocycles. The molecule has 2 N–H and O–H groups in total. The van der Waals surface area contributed by atoms with E-state index in [1.807, 2.05) is 0 Å². The van der Waals surface area contributed by atoms with Gasteiger partial charge in [0.05, 0.1) is 11.2 Å². The molecule has 0 radical (unpaired) electrons. The Hall–Kier alpha value is -2.20. The zero-order valence-corrected chi connectivity index (χ0v) is 9.98. The van der Waals surface area contributed by atoms with Crippen molar-refractivity contribution in [3.05, 3.63) is 53.2 Å². The Morgan fingerprint density at radius 1 is 1.11 bits per heavy atom. The molecular weight excluding hydrogens is 252 g/mol. The maximum absolute atomic E-state index is 9.52. The van der Waals surface area contributed by atoms with Gasteiger partial charge in [0.2, 0.25) is 0 Å². The fourth-order valence-electron chi connectivity index (χ4n) is 1.87. The van der Waals surface area contributed by atoms with Crippen LogP contribution in [0.2, 0.25) is 5.02 Å². The van der Waals surface area contributed by atoms with Gasteiger partial charge in [0.1, 0.15) is 5.75 Å². The Balaban J connectivity index is 2.34. The standard InChI is InChI=1S/C13H9ClN2O2/c14-8-1-3-9(4-2-8)16-11-7-10(17)5-6-12(11)18-13(16)15/h1-7,15,17H. The van der Waals surface area contributed by atoms with E-state index in [9.17, 15) is 5.11 Å². The Morgan fingerprint density at radius 2 is 1.83 bits per heavy atom. The van der Waals surface area contributed by atoms with Crippen LogP contribution < -0.4 is 5.68 Å². The summed E-state index contributed by atoms with van der Waals surface area (Å²) in [6, 6.07) is 11.8. The molecule has 0 unspecified atom stereocenters. The number of halogens is 1. The van der Waals surface area contributed by atoms with Gasteiger partial charge >= 0.3 is 0 Å². The van der Waals surface area contributed by atoms with E-state index >= 15 is 0 Å². The van der Waals surface area contributed by atoms with Crippen LogP contribution in [0.15, 0.2) is 46.9 Å². The zero-order chi connectivity index (χ0) is 12.7. The lowest BCUT2D eigenvalue weighted by Crippen LogP contribution is -2.11. The summed E-state index contributed by atoms with van der Waals surface area (Å²) in [6.45, 7) is 0. The van der Waals surface area contributed by atoms with Crippen molar-refractivity contribution in [1.82, 2.24) is 4.57 Å². The van der Waals surface area contributed by atoms with E-state index in [1.165, 1.54) is 6.07 Å². The molecular formula is C13H9ClN2O2. The average molecular weight is 261 g/mol. The van der Waals surface area contributed by atoms with E-state index in [0.29, 0.717) is 16.1 Å². The molecule has 4 nitrogen and oxygen atoms in total. The molecule has 0 saturated carbocycles. The number of hydrogen-bond donors (Lipinski definition) is 2. The highest BCUT2D eigenvalue weighted by Gasteiger charge is 2.09. The van der Waals surface area contributed by atoms with E-state index in [4.69, 9.17) is 21.4 Å². The fraction of sp³-hybridized carbons (Fsp3) is 0. The van der Waals surface area contributed by atoms with Gasteiger partial charge in [-0.05, 0) is 36.4 Å². The molecule has 0 aliphatic heterocycles. The first kappa shape index (κ1) is 10.9. The summed E-state index contributed by atoms with van der Waals surface area (Å²) in [7, 11) is 0. The van der Waals surface area contributed by atoms with Crippen molar-refractivity contribution in [2.24, 2.45) is 0 Å². The monoisotopic (exact) mass is 260 g/mol. The molecule has 0 spiro atoms. The van der Waals surface area contributed by atoms with Crippen LogP contribution in [0, 0.1) is 5.41 Å². The summed E-state index contributed by atoms with van der Waals surface area (Å²) in [5, 5.41) is 18.0. The second kappa shape index (κ2) is 3.92. The lowest BCUT2D eigenvalue weighted by atomic mass is 10.2. The molecule has 2 aromatic carbocycles. The minimum absolute atomic E-state index is 0.00192. The first-order valence-corrected chi connectivity index (χ1v) is 5.68. The second-order valence-corrected chi connectivity index (χ2v) is 4.31. The number of aromatic hydroxyl groups is 1. The van der Waals surface area contributed by atoms with Crippen LogP contribution in [0.3, 0.4) is 0 Å². The van der Waals surface area contributed by atoms with Crippen LogP contribution in [-0.2, 0) is 0 Å². The number of rotatable bonds is 1. The van der Waals surface area contributed by atoms with Crippen LogP contribution in [0.4, 0.5) is 0 Å². The summed E-state index contributed by atoms with van der Waals surface area (Å²) in [4.78, 5) is 0. The maximum Gasteiger partial charge on any atom is 0.299 e. The molecule has 0 aliphatic rings. The van der Waals surface area contributed by atoms with Crippen molar-refractivity contribution in [2.75, 3.05) is 0 Å². The third kappa shape index (κ3) is 1.67. The zero-order valence-electron chi connectivity index (χ0n) is 9.22. The summed E-state index contributed by atoms with van der Waals surface area (Å²) >= 11 is 5.84. The topological polar surface area (TPSA) is 62.1 Å². The Kier molecular flexibility index (Phi) is 2.38. The molecule has 0 bridgehead atoms. The van der Waals surface area contributed by atoms with Gasteiger partial charge in [-0.3, -0.25) is 9.98 Å². The molecule has 5 heteroatoms. The van der Waals surface area contributed by atoms with Gasteiger partial charge in [0.25, 0.3) is 5.68 Å². The largest absolute Gasteiger partial charge is 0.508 e. The van der Waals surface area contributed by atoms with Crippen molar-refractivity contribution in [2.45, 2.75) is 0 Å². The predicted octanol–water partition coefficient (Wildman–Crippen LogP) is 3.06. The van der Waals surface area contributed by atoms with Gasteiger partial charge in [-0.15, -0.1) is 0 Å². The molecule has 0 amide bonds. The smallest absolute Gasteiger partial charge is 0.299 e. The lowest BCUT2D eigenvalue weighted by Gasteiger charge is -2.03. The second-order valence-electron chi connectivity index (χ2n) is 3.87. The minimum atomic E-state index is -0.00192. The summed E-state index contributed by atoms with van der Waals surface area (Å²) in [5.74, 6) is 0.131. The summed E-state index contributed by atoms with van der Waals surface area (Å²) < 4.78 is 6.93. The van der Waals surface area contributed by atoms with Crippen molar-refractivity contribution in [3.8, 4) is 11.4 Å². The first-order valence-electron chi connectivity index (χ1n) is 5.30. The van der Waals surface area contributed by atoms with Gasteiger partial charge < -0.3 is 9.52 Å². The van der Waals surface area contributed by atoms with Gasteiger partial charge in [0.15, 0.2) is 5.58 Å². The van der Waals surface area contributed by atoms with Crippen LogP contribution >= 0.6 is 11.6 Å². The number of benzene rings is 2. The van der Waals surface area contributed by atoms with E-state index in [1.54, 1.807) is 41.0 Å². The number of nitrogens with zero attached hydrogens (tertiary/aromatic N) is 1. The average Bonchev–Trinajstić information content (AvgIpc) is 2.66. The quantitative estimate of drug-likeness (QED) is 0.706. The summed E-state index contributed by atoms with van der Waals surface area (Å²) in [5.41, 5.74) is 1.95. The first-order chi connectivity index (χ1) is 8.65. The molecule has 0 aliphatic carbocycles. The van der Waals surface area contributed by atoms with Crippen molar-refractivity contribution < 1.29 is 9.52 Å².